The molecule has 0 unspecified atom stereocenters. The molecule has 0 aliphatic rings. The summed E-state index contributed by atoms with van der Waals surface area (Å²) in [6.45, 7) is 5.05. The number of thiazole rings is 1. The van der Waals surface area contributed by atoms with Gasteiger partial charge in [0.25, 0.3) is 5.91 Å². The van der Waals surface area contributed by atoms with Crippen LogP contribution in [0.15, 0.2) is 41.3 Å². The number of benzene rings is 2. The number of carbonyl (C=O) groups excluding carboxylic acids is 1. The highest BCUT2D eigenvalue weighted by molar-refractivity contribution is 7.89. The second-order valence-electron chi connectivity index (χ2n) is 7.32. The second kappa shape index (κ2) is 10.9. The maximum atomic E-state index is 13.1. The Bertz CT molecular complexity index is 1150. The van der Waals surface area contributed by atoms with Crippen LogP contribution in [0.25, 0.3) is 10.2 Å². The lowest BCUT2D eigenvalue weighted by Gasteiger charge is -2.22. The molecule has 3 rings (SSSR count). The van der Waals surface area contributed by atoms with Crippen LogP contribution in [0, 0.1) is 0 Å². The number of fused-ring (bicyclic) bond motifs is 1. The zero-order valence-corrected chi connectivity index (χ0v) is 21.0. The summed E-state index contributed by atoms with van der Waals surface area (Å²) in [6, 6.07) is 9.30. The van der Waals surface area contributed by atoms with Gasteiger partial charge in [-0.2, -0.15) is 4.31 Å². The third-order valence-corrected chi connectivity index (χ3v) is 8.59. The van der Waals surface area contributed by atoms with Crippen LogP contribution < -0.4 is 5.32 Å². The van der Waals surface area contributed by atoms with Crippen molar-refractivity contribution in [2.75, 3.05) is 18.4 Å². The Kier molecular flexibility index (Phi) is 8.52. The van der Waals surface area contributed by atoms with Crippen LogP contribution in [0.2, 0.25) is 10.0 Å². The molecule has 1 aromatic heterocycles. The summed E-state index contributed by atoms with van der Waals surface area (Å²) < 4.78 is 28.4. The van der Waals surface area contributed by atoms with Crippen LogP contribution >= 0.6 is 34.5 Å². The molecule has 1 N–H and O–H groups in total. The molecule has 0 spiro atoms. The SMILES string of the molecule is CCCCN(CCCC)S(=O)(=O)c1ccc(C(=O)Nc2nc3c(Cl)ccc(Cl)c3s2)cc1. The van der Waals surface area contributed by atoms with Crippen molar-refractivity contribution in [1.82, 2.24) is 9.29 Å². The second-order valence-corrected chi connectivity index (χ2v) is 11.1. The first kappa shape index (κ1) is 24.9. The van der Waals surface area contributed by atoms with Crippen molar-refractivity contribution in [2.24, 2.45) is 0 Å². The average molecular weight is 515 g/mol. The fourth-order valence-corrected chi connectivity index (χ4v) is 6.05. The smallest absolute Gasteiger partial charge is 0.257 e. The lowest BCUT2D eigenvalue weighted by atomic mass is 10.2. The molecule has 2 aromatic carbocycles. The fraction of sp³-hybridized carbons (Fsp3) is 0.364. The topological polar surface area (TPSA) is 79.4 Å². The molecule has 1 amide bonds. The number of nitrogens with zero attached hydrogens (tertiary/aromatic N) is 2. The van der Waals surface area contributed by atoms with E-state index < -0.39 is 15.9 Å². The third kappa shape index (κ3) is 5.61. The van der Waals surface area contributed by atoms with Crippen molar-refractivity contribution >= 4 is 65.8 Å². The van der Waals surface area contributed by atoms with Gasteiger partial charge in [0, 0.05) is 18.7 Å². The zero-order valence-electron chi connectivity index (χ0n) is 17.9. The number of unbranched alkanes of at least 4 members (excludes halogenated alkanes) is 2. The highest BCUT2D eigenvalue weighted by Crippen LogP contribution is 2.36. The lowest BCUT2D eigenvalue weighted by molar-refractivity contribution is 0.102. The van der Waals surface area contributed by atoms with Crippen molar-refractivity contribution in [3.63, 3.8) is 0 Å². The number of sulfonamides is 1. The summed E-state index contributed by atoms with van der Waals surface area (Å²) in [6.07, 6.45) is 3.44. The summed E-state index contributed by atoms with van der Waals surface area (Å²) in [5, 5.41) is 4.05. The minimum absolute atomic E-state index is 0.180. The Balaban J connectivity index is 1.77. The standard InChI is InChI=1S/C22H25Cl2N3O3S2/c1-3-5-13-27(14-6-4-2)32(29,30)16-9-7-15(8-10-16)21(28)26-22-25-19-17(23)11-12-18(24)20(19)31-22/h7-12H,3-6,13-14H2,1-2H3,(H,25,26,28). The number of carbonyl (C=O) groups is 1. The van der Waals surface area contributed by atoms with Gasteiger partial charge in [-0.1, -0.05) is 61.2 Å². The summed E-state index contributed by atoms with van der Waals surface area (Å²) in [7, 11) is -3.61. The molecule has 0 saturated heterocycles. The number of rotatable bonds is 10. The number of aromatic nitrogens is 1. The normalized spacial score (nSPS) is 11.9. The summed E-state index contributed by atoms with van der Waals surface area (Å²) in [5.41, 5.74) is 0.856. The summed E-state index contributed by atoms with van der Waals surface area (Å²) in [5.74, 6) is -0.394. The van der Waals surface area contributed by atoms with Gasteiger partial charge < -0.3 is 0 Å². The van der Waals surface area contributed by atoms with Gasteiger partial charge in [0.05, 0.1) is 19.6 Å². The Hall–Kier alpha value is -1.71. The Morgan fingerprint density at radius 1 is 1.00 bits per heavy atom. The van der Waals surface area contributed by atoms with E-state index in [9.17, 15) is 13.2 Å². The van der Waals surface area contributed by atoms with Crippen LogP contribution in [0.5, 0.6) is 0 Å². The highest BCUT2D eigenvalue weighted by Gasteiger charge is 2.24. The van der Waals surface area contributed by atoms with E-state index in [0.29, 0.717) is 44.0 Å². The highest BCUT2D eigenvalue weighted by atomic mass is 35.5. The van der Waals surface area contributed by atoms with Crippen molar-refractivity contribution in [3.8, 4) is 0 Å². The molecule has 0 atom stereocenters. The van der Waals surface area contributed by atoms with Crippen molar-refractivity contribution in [3.05, 3.63) is 52.0 Å². The molecule has 172 valence electrons. The van der Waals surface area contributed by atoms with E-state index in [1.807, 2.05) is 13.8 Å². The van der Waals surface area contributed by atoms with Crippen molar-refractivity contribution in [1.29, 1.82) is 0 Å². The summed E-state index contributed by atoms with van der Waals surface area (Å²) in [4.78, 5) is 17.2. The van der Waals surface area contributed by atoms with E-state index in [0.717, 1.165) is 25.7 Å². The Labute approximate surface area is 202 Å². The number of amides is 1. The van der Waals surface area contributed by atoms with Crippen molar-refractivity contribution < 1.29 is 13.2 Å². The molecule has 0 aliphatic heterocycles. The van der Waals surface area contributed by atoms with Gasteiger partial charge in [0.15, 0.2) is 5.13 Å². The third-order valence-electron chi connectivity index (χ3n) is 4.94. The predicted molar refractivity (Wildman–Crippen MR) is 133 cm³/mol. The molecule has 3 aromatic rings. The van der Waals surface area contributed by atoms with Crippen LogP contribution in [0.4, 0.5) is 5.13 Å². The molecule has 0 aliphatic carbocycles. The number of nitrogens with one attached hydrogen (secondary N) is 1. The van der Waals surface area contributed by atoms with Gasteiger partial charge in [0.1, 0.15) is 5.52 Å². The molecular formula is C22H25Cl2N3O3S2. The minimum Gasteiger partial charge on any atom is -0.298 e. The van der Waals surface area contributed by atoms with E-state index in [1.54, 1.807) is 12.1 Å². The Morgan fingerprint density at radius 2 is 1.59 bits per heavy atom. The summed E-state index contributed by atoms with van der Waals surface area (Å²) >= 11 is 13.6. The van der Waals surface area contributed by atoms with Crippen molar-refractivity contribution in [2.45, 2.75) is 44.4 Å². The number of halogens is 2. The molecule has 0 radical (unpaired) electrons. The van der Waals surface area contributed by atoms with Crippen LogP contribution in [-0.4, -0.2) is 36.7 Å². The fourth-order valence-electron chi connectivity index (χ4n) is 3.12. The van der Waals surface area contributed by atoms with Gasteiger partial charge in [-0.25, -0.2) is 13.4 Å². The molecule has 32 heavy (non-hydrogen) atoms. The largest absolute Gasteiger partial charge is 0.298 e. The first-order valence-corrected chi connectivity index (χ1v) is 13.4. The van der Waals surface area contributed by atoms with E-state index >= 15 is 0 Å². The average Bonchev–Trinajstić information content (AvgIpc) is 3.21. The molecule has 1 heterocycles. The Morgan fingerprint density at radius 3 is 2.16 bits per heavy atom. The van der Waals surface area contributed by atoms with Crippen LogP contribution in [0.3, 0.4) is 0 Å². The maximum Gasteiger partial charge on any atom is 0.257 e. The van der Waals surface area contributed by atoms with Crippen LogP contribution in [-0.2, 0) is 10.0 Å². The van der Waals surface area contributed by atoms with E-state index in [1.165, 1.54) is 39.9 Å². The number of hydrogen-bond acceptors (Lipinski definition) is 5. The van der Waals surface area contributed by atoms with Gasteiger partial charge in [-0.3, -0.25) is 10.1 Å². The first-order chi connectivity index (χ1) is 15.3. The van der Waals surface area contributed by atoms with Crippen LogP contribution in [0.1, 0.15) is 49.9 Å². The van der Waals surface area contributed by atoms with Gasteiger partial charge in [0.2, 0.25) is 10.0 Å². The monoisotopic (exact) mass is 513 g/mol. The number of anilines is 1. The number of hydrogen-bond donors (Lipinski definition) is 1. The van der Waals surface area contributed by atoms with Gasteiger partial charge in [-0.15, -0.1) is 0 Å². The van der Waals surface area contributed by atoms with Gasteiger partial charge in [-0.05, 0) is 49.2 Å². The quantitative estimate of drug-likeness (QED) is 0.337. The molecule has 6 nitrogen and oxygen atoms in total. The molecular weight excluding hydrogens is 489 g/mol. The van der Waals surface area contributed by atoms with Gasteiger partial charge >= 0.3 is 0 Å². The first-order valence-electron chi connectivity index (χ1n) is 10.4. The zero-order chi connectivity index (χ0) is 23.3. The molecule has 0 fully saturated rings. The van der Waals surface area contributed by atoms with E-state index in [2.05, 4.69) is 10.3 Å². The minimum atomic E-state index is -3.61. The van der Waals surface area contributed by atoms with E-state index in [-0.39, 0.29) is 4.90 Å². The molecule has 0 saturated carbocycles. The maximum absolute atomic E-state index is 13.1. The predicted octanol–water partition coefficient (Wildman–Crippen LogP) is 6.45. The molecule has 0 bridgehead atoms. The lowest BCUT2D eigenvalue weighted by Crippen LogP contribution is -2.33. The molecule has 10 heteroatoms. The van der Waals surface area contributed by atoms with E-state index in [4.69, 9.17) is 23.2 Å².